The minimum atomic E-state index is -3.87. The Morgan fingerprint density at radius 1 is 1.40 bits per heavy atom. The van der Waals surface area contributed by atoms with Gasteiger partial charge in [0.25, 0.3) is 14.2 Å². The van der Waals surface area contributed by atoms with E-state index in [2.05, 4.69) is 25.4 Å². The zero-order valence-electron chi connectivity index (χ0n) is 7.52. The first-order chi connectivity index (χ1) is 6.98. The van der Waals surface area contributed by atoms with Crippen molar-refractivity contribution in [2.75, 3.05) is 0 Å². The van der Waals surface area contributed by atoms with Crippen molar-refractivity contribution in [3.63, 3.8) is 0 Å². The fourth-order valence-electron chi connectivity index (χ4n) is 1.05. The van der Waals surface area contributed by atoms with Gasteiger partial charge < -0.3 is 0 Å². The van der Waals surface area contributed by atoms with Crippen LogP contribution in [0.15, 0.2) is 11.4 Å². The molecule has 0 radical (unpaired) electrons. The summed E-state index contributed by atoms with van der Waals surface area (Å²) in [5.74, 6) is 0.237. The van der Waals surface area contributed by atoms with Crippen LogP contribution in [0.4, 0.5) is 0 Å². The van der Waals surface area contributed by atoms with Crippen molar-refractivity contribution in [3.8, 4) is 11.4 Å². The first-order valence-corrected chi connectivity index (χ1v) is 6.17. The molecule has 0 aliphatic heterocycles. The Kier molecular flexibility index (Phi) is 2.24. The summed E-state index contributed by atoms with van der Waals surface area (Å²) >= 11 is 0. The molecule has 0 fully saturated rings. The Hall–Kier alpha value is -1.41. The van der Waals surface area contributed by atoms with Crippen LogP contribution in [-0.2, 0) is 9.05 Å². The van der Waals surface area contributed by atoms with Gasteiger partial charge in [-0.2, -0.15) is 15.2 Å². The number of aromatic nitrogens is 5. The topological polar surface area (TPSA) is 104 Å². The van der Waals surface area contributed by atoms with Crippen LogP contribution in [0.25, 0.3) is 11.4 Å². The van der Waals surface area contributed by atoms with Crippen molar-refractivity contribution in [2.45, 2.75) is 12.1 Å². The van der Waals surface area contributed by atoms with Crippen LogP contribution < -0.4 is 0 Å². The van der Waals surface area contributed by atoms with Crippen LogP contribution in [0.5, 0.6) is 0 Å². The third-order valence-electron chi connectivity index (χ3n) is 1.77. The van der Waals surface area contributed by atoms with Gasteiger partial charge in [-0.1, -0.05) is 0 Å². The molecule has 2 aromatic heterocycles. The van der Waals surface area contributed by atoms with Gasteiger partial charge in [-0.25, -0.2) is 13.5 Å². The molecule has 0 amide bonds. The predicted octanol–water partition coefficient (Wildman–Crippen LogP) is 0.431. The van der Waals surface area contributed by atoms with Crippen molar-refractivity contribution < 1.29 is 8.42 Å². The summed E-state index contributed by atoms with van der Waals surface area (Å²) in [5, 5.41) is 12.0. The van der Waals surface area contributed by atoms with Gasteiger partial charge in [-0.05, 0) is 6.92 Å². The highest BCUT2D eigenvalue weighted by atomic mass is 35.7. The molecule has 0 bridgehead atoms. The van der Waals surface area contributed by atoms with E-state index >= 15 is 0 Å². The Morgan fingerprint density at radius 3 is 2.60 bits per heavy atom. The number of hydrogen-bond donors (Lipinski definition) is 2. The number of aryl methyl sites for hydroxylation is 1. The zero-order valence-corrected chi connectivity index (χ0v) is 9.09. The average molecular weight is 248 g/mol. The molecule has 0 saturated carbocycles. The van der Waals surface area contributed by atoms with Gasteiger partial charge in [0.15, 0.2) is 5.82 Å². The second-order valence-electron chi connectivity index (χ2n) is 2.81. The van der Waals surface area contributed by atoms with Crippen LogP contribution in [0, 0.1) is 6.92 Å². The summed E-state index contributed by atoms with van der Waals surface area (Å²) < 4.78 is 21.8. The molecule has 0 aromatic carbocycles. The zero-order chi connectivity index (χ0) is 11.1. The van der Waals surface area contributed by atoms with Gasteiger partial charge >= 0.3 is 0 Å². The van der Waals surface area contributed by atoms with E-state index < -0.39 is 9.05 Å². The van der Waals surface area contributed by atoms with Gasteiger partial charge in [0.05, 0.1) is 11.8 Å². The standard InChI is InChI=1S/C6H6ClN5O2S/c1-3-4(2-8-10-3)5-9-6(12-11-5)15(7,13)14/h2H,1H3,(H,8,10)(H,9,11,12). The van der Waals surface area contributed by atoms with E-state index in [0.717, 1.165) is 5.69 Å². The molecule has 2 heterocycles. The highest BCUT2D eigenvalue weighted by Gasteiger charge is 2.18. The van der Waals surface area contributed by atoms with E-state index in [0.29, 0.717) is 5.56 Å². The molecule has 2 rings (SSSR count). The molecule has 0 unspecified atom stereocenters. The second-order valence-corrected chi connectivity index (χ2v) is 5.29. The molecule has 2 N–H and O–H groups in total. The number of rotatable bonds is 2. The van der Waals surface area contributed by atoms with E-state index in [9.17, 15) is 8.42 Å². The predicted molar refractivity (Wildman–Crippen MR) is 51.7 cm³/mol. The van der Waals surface area contributed by atoms with E-state index in [1.165, 1.54) is 6.20 Å². The van der Waals surface area contributed by atoms with Crippen molar-refractivity contribution in [3.05, 3.63) is 11.9 Å². The molecule has 0 spiro atoms. The lowest BCUT2D eigenvalue weighted by Gasteiger charge is -1.88. The van der Waals surface area contributed by atoms with Crippen molar-refractivity contribution in [2.24, 2.45) is 0 Å². The summed E-state index contributed by atoms with van der Waals surface area (Å²) in [6.07, 6.45) is 1.50. The number of nitrogens with one attached hydrogen (secondary N) is 2. The van der Waals surface area contributed by atoms with Gasteiger partial charge in [-0.15, -0.1) is 0 Å². The Labute approximate surface area is 89.3 Å². The highest BCUT2D eigenvalue weighted by Crippen LogP contribution is 2.18. The average Bonchev–Trinajstić information content (AvgIpc) is 2.69. The summed E-state index contributed by atoms with van der Waals surface area (Å²) in [6.45, 7) is 1.77. The number of H-pyrrole nitrogens is 2. The van der Waals surface area contributed by atoms with E-state index in [1.54, 1.807) is 6.92 Å². The van der Waals surface area contributed by atoms with E-state index in [-0.39, 0.29) is 11.0 Å². The lowest BCUT2D eigenvalue weighted by Crippen LogP contribution is -1.92. The summed E-state index contributed by atoms with van der Waals surface area (Å²) in [4.78, 5) is 3.74. The van der Waals surface area contributed by atoms with Gasteiger partial charge in [0, 0.05) is 16.4 Å². The van der Waals surface area contributed by atoms with Crippen LogP contribution in [0.1, 0.15) is 5.69 Å². The highest BCUT2D eigenvalue weighted by molar-refractivity contribution is 8.13. The largest absolute Gasteiger partial charge is 0.296 e. The molecule has 0 aliphatic rings. The normalized spacial score (nSPS) is 11.9. The van der Waals surface area contributed by atoms with Crippen LogP contribution in [-0.4, -0.2) is 33.8 Å². The van der Waals surface area contributed by atoms with Gasteiger partial charge in [0.2, 0.25) is 0 Å². The minimum Gasteiger partial charge on any atom is -0.282 e. The van der Waals surface area contributed by atoms with E-state index in [1.807, 2.05) is 0 Å². The summed E-state index contributed by atoms with van der Waals surface area (Å²) in [5.41, 5.74) is 1.37. The summed E-state index contributed by atoms with van der Waals surface area (Å²) in [7, 11) is 1.21. The van der Waals surface area contributed by atoms with Crippen LogP contribution in [0.3, 0.4) is 0 Å². The fourth-order valence-corrected chi connectivity index (χ4v) is 1.61. The molecule has 0 atom stereocenters. The Bertz CT molecular complexity index is 586. The molecule has 0 saturated heterocycles. The SMILES string of the molecule is Cc1[nH]ncc1-c1n[nH]c(S(=O)(=O)Cl)n1. The third-order valence-corrected chi connectivity index (χ3v) is 2.85. The lowest BCUT2D eigenvalue weighted by molar-refractivity contribution is 0.602. The first kappa shape index (κ1) is 10.1. The number of hydrogen-bond acceptors (Lipinski definition) is 5. The molecule has 9 heteroatoms. The van der Waals surface area contributed by atoms with Gasteiger partial charge in [-0.3, -0.25) is 5.10 Å². The Balaban J connectivity index is 2.50. The van der Waals surface area contributed by atoms with Crippen LogP contribution >= 0.6 is 10.7 Å². The smallest absolute Gasteiger partial charge is 0.282 e. The molecule has 15 heavy (non-hydrogen) atoms. The molecular weight excluding hydrogens is 242 g/mol. The van der Waals surface area contributed by atoms with Gasteiger partial charge in [0.1, 0.15) is 0 Å². The number of aromatic amines is 2. The van der Waals surface area contributed by atoms with Crippen molar-refractivity contribution in [1.82, 2.24) is 25.4 Å². The molecular formula is C6H6ClN5O2S. The minimum absolute atomic E-state index is 0.237. The Morgan fingerprint density at radius 2 is 2.13 bits per heavy atom. The molecule has 0 aliphatic carbocycles. The quantitative estimate of drug-likeness (QED) is 0.749. The maximum atomic E-state index is 10.9. The van der Waals surface area contributed by atoms with E-state index in [4.69, 9.17) is 10.7 Å². The molecule has 80 valence electrons. The number of nitrogens with zero attached hydrogens (tertiary/aromatic N) is 3. The summed E-state index contributed by atoms with van der Waals surface area (Å²) in [6, 6.07) is 0. The first-order valence-electron chi connectivity index (χ1n) is 3.86. The molecule has 7 nitrogen and oxygen atoms in total. The van der Waals surface area contributed by atoms with Crippen molar-refractivity contribution >= 4 is 19.7 Å². The molecule has 2 aromatic rings. The van der Waals surface area contributed by atoms with Crippen LogP contribution in [0.2, 0.25) is 0 Å². The lowest BCUT2D eigenvalue weighted by atomic mass is 10.2. The fraction of sp³-hybridized carbons (Fsp3) is 0.167. The van der Waals surface area contributed by atoms with Crippen molar-refractivity contribution in [1.29, 1.82) is 0 Å². The maximum Gasteiger partial charge on any atom is 0.296 e. The second kappa shape index (κ2) is 3.31. The number of halogens is 1. The third kappa shape index (κ3) is 1.85. The monoisotopic (exact) mass is 247 g/mol. The maximum absolute atomic E-state index is 10.9.